The fraction of sp³-hybridized carbons (Fsp3) is 0.522. The third kappa shape index (κ3) is 4.89. The van der Waals surface area contributed by atoms with E-state index in [9.17, 15) is 0 Å². The van der Waals surface area contributed by atoms with Crippen molar-refractivity contribution >= 4 is 17.8 Å². The van der Waals surface area contributed by atoms with E-state index >= 15 is 0 Å². The van der Waals surface area contributed by atoms with Crippen LogP contribution in [-0.4, -0.2) is 15.0 Å². The van der Waals surface area contributed by atoms with E-state index in [1.165, 1.54) is 5.56 Å². The molecule has 5 heteroatoms. The van der Waals surface area contributed by atoms with E-state index in [4.69, 9.17) is 16.5 Å². The van der Waals surface area contributed by atoms with Crippen LogP contribution in [-0.2, 0) is 16.2 Å². The topological polar surface area (TPSA) is 90.7 Å². The van der Waals surface area contributed by atoms with Gasteiger partial charge in [0.2, 0.25) is 5.95 Å². The summed E-state index contributed by atoms with van der Waals surface area (Å²) in [4.78, 5) is 13.3. The molecule has 0 aliphatic carbocycles. The molecule has 5 nitrogen and oxygen atoms in total. The van der Waals surface area contributed by atoms with Gasteiger partial charge in [-0.15, -0.1) is 0 Å². The lowest BCUT2D eigenvalue weighted by Gasteiger charge is -2.29. The first-order valence-electron chi connectivity index (χ1n) is 9.73. The van der Waals surface area contributed by atoms with Crippen LogP contribution in [0.15, 0.2) is 18.2 Å². The summed E-state index contributed by atoms with van der Waals surface area (Å²) in [5.41, 5.74) is 16.5. The molecule has 0 atom stereocenters. The van der Waals surface area contributed by atoms with Crippen molar-refractivity contribution in [3.05, 3.63) is 46.4 Å². The molecule has 0 bridgehead atoms. The second kappa shape index (κ2) is 7.19. The minimum absolute atomic E-state index is 0.0262. The molecule has 0 radical (unpaired) electrons. The molecule has 0 saturated carbocycles. The summed E-state index contributed by atoms with van der Waals surface area (Å²) in [6.45, 7) is 19.5. The number of aryl methyl sites for hydroxylation is 1. The number of nitrogens with two attached hydrogens (primary N) is 2. The van der Waals surface area contributed by atoms with Crippen LogP contribution in [0.25, 0.3) is 6.08 Å². The number of allylic oxidation sites excluding steroid dienone is 1. The second-order valence-corrected chi connectivity index (χ2v) is 10.1. The average Bonchev–Trinajstić information content (AvgIpc) is 2.51. The van der Waals surface area contributed by atoms with Crippen LogP contribution in [0.1, 0.15) is 83.6 Å². The Balaban J connectivity index is 2.56. The van der Waals surface area contributed by atoms with Crippen molar-refractivity contribution in [1.82, 2.24) is 15.0 Å². The highest BCUT2D eigenvalue weighted by molar-refractivity contribution is 5.65. The highest BCUT2D eigenvalue weighted by atomic mass is 15.0. The molecule has 4 N–H and O–H groups in total. The number of nitrogen functional groups attached to an aromatic ring is 2. The van der Waals surface area contributed by atoms with Crippen LogP contribution in [0.2, 0.25) is 0 Å². The lowest BCUT2D eigenvalue weighted by atomic mass is 9.79. The summed E-state index contributed by atoms with van der Waals surface area (Å²) in [7, 11) is 0. The van der Waals surface area contributed by atoms with E-state index in [0.29, 0.717) is 5.82 Å². The number of aromatic nitrogens is 3. The molecule has 0 aliphatic rings. The first-order chi connectivity index (χ1) is 12.6. The summed E-state index contributed by atoms with van der Waals surface area (Å²) in [5, 5.41) is 0. The van der Waals surface area contributed by atoms with Crippen molar-refractivity contribution < 1.29 is 0 Å². The molecule has 0 amide bonds. The standard InChI is InChI=1S/C23H35N5/c1-14-16(19(24)28-20(25)26-14)10-11-23(8,9)15-12-17(21(2,3)4)27-18(13-15)22(5,6)7/h10-13H,1-9H3,(H4,24,25,26,28)/b11-10+. The molecular weight excluding hydrogens is 346 g/mol. The van der Waals surface area contributed by atoms with Crippen molar-refractivity contribution in [2.24, 2.45) is 0 Å². The minimum atomic E-state index is -0.219. The van der Waals surface area contributed by atoms with Crippen LogP contribution in [0, 0.1) is 6.92 Å². The normalized spacial score (nSPS) is 13.3. The highest BCUT2D eigenvalue weighted by Gasteiger charge is 2.26. The zero-order valence-electron chi connectivity index (χ0n) is 18.8. The number of nitrogens with zero attached hydrogens (tertiary/aromatic N) is 3. The lowest BCUT2D eigenvalue weighted by Crippen LogP contribution is -2.23. The molecule has 28 heavy (non-hydrogen) atoms. The molecule has 2 aromatic heterocycles. The molecule has 2 heterocycles. The van der Waals surface area contributed by atoms with Gasteiger partial charge in [-0.05, 0) is 24.6 Å². The number of hydrogen-bond donors (Lipinski definition) is 2. The van der Waals surface area contributed by atoms with Gasteiger partial charge in [-0.3, -0.25) is 4.98 Å². The Labute approximate surface area is 169 Å². The Hall–Kier alpha value is -2.43. The Kier molecular flexibility index (Phi) is 5.61. The fourth-order valence-corrected chi connectivity index (χ4v) is 2.89. The molecule has 0 saturated heterocycles. The minimum Gasteiger partial charge on any atom is -0.383 e. The van der Waals surface area contributed by atoms with Gasteiger partial charge in [0.05, 0.1) is 5.69 Å². The largest absolute Gasteiger partial charge is 0.383 e. The van der Waals surface area contributed by atoms with Crippen molar-refractivity contribution in [3.8, 4) is 0 Å². The molecule has 0 fully saturated rings. The number of anilines is 2. The molecular formula is C23H35N5. The maximum Gasteiger partial charge on any atom is 0.222 e. The molecule has 0 aromatic carbocycles. The van der Waals surface area contributed by atoms with Crippen LogP contribution in [0.5, 0.6) is 0 Å². The Morgan fingerprint density at radius 1 is 0.786 bits per heavy atom. The lowest BCUT2D eigenvalue weighted by molar-refractivity contribution is 0.524. The Morgan fingerprint density at radius 2 is 1.29 bits per heavy atom. The summed E-state index contributed by atoms with van der Waals surface area (Å²) in [6.07, 6.45) is 4.15. The van der Waals surface area contributed by atoms with Crippen LogP contribution in [0.4, 0.5) is 11.8 Å². The third-order valence-electron chi connectivity index (χ3n) is 4.96. The molecule has 2 aromatic rings. The maximum atomic E-state index is 6.06. The molecule has 152 valence electrons. The SMILES string of the molecule is Cc1nc(N)nc(N)c1/C=C/C(C)(C)c1cc(C(C)(C)C)nc(C(C)(C)C)c1. The van der Waals surface area contributed by atoms with Crippen molar-refractivity contribution in [3.63, 3.8) is 0 Å². The zero-order valence-corrected chi connectivity index (χ0v) is 18.8. The number of rotatable bonds is 3. The smallest absolute Gasteiger partial charge is 0.222 e. The van der Waals surface area contributed by atoms with Gasteiger partial charge >= 0.3 is 0 Å². The summed E-state index contributed by atoms with van der Waals surface area (Å²) in [5.74, 6) is 0.600. The van der Waals surface area contributed by atoms with E-state index < -0.39 is 0 Å². The van der Waals surface area contributed by atoms with Gasteiger partial charge in [0, 0.05) is 33.2 Å². The Bertz CT molecular complexity index is 841. The van der Waals surface area contributed by atoms with E-state index in [1.54, 1.807) is 0 Å². The van der Waals surface area contributed by atoms with Crippen LogP contribution >= 0.6 is 0 Å². The van der Waals surface area contributed by atoms with Gasteiger partial charge in [0.15, 0.2) is 0 Å². The molecule has 0 unspecified atom stereocenters. The van der Waals surface area contributed by atoms with Crippen molar-refractivity contribution in [2.75, 3.05) is 11.5 Å². The first-order valence-corrected chi connectivity index (χ1v) is 9.73. The predicted molar refractivity (Wildman–Crippen MR) is 119 cm³/mol. The van der Waals surface area contributed by atoms with Gasteiger partial charge in [-0.25, -0.2) is 4.98 Å². The van der Waals surface area contributed by atoms with E-state index in [1.807, 2.05) is 13.0 Å². The first kappa shape index (κ1) is 21.9. The van der Waals surface area contributed by atoms with Crippen molar-refractivity contribution in [2.45, 2.75) is 78.6 Å². The van der Waals surface area contributed by atoms with Gasteiger partial charge in [0.1, 0.15) is 5.82 Å². The van der Waals surface area contributed by atoms with Gasteiger partial charge in [-0.1, -0.05) is 67.5 Å². The third-order valence-corrected chi connectivity index (χ3v) is 4.96. The zero-order chi connectivity index (χ0) is 21.5. The summed E-state index contributed by atoms with van der Waals surface area (Å²) >= 11 is 0. The maximum absolute atomic E-state index is 6.06. The van der Waals surface area contributed by atoms with Gasteiger partial charge < -0.3 is 11.5 Å². The van der Waals surface area contributed by atoms with E-state index in [2.05, 4.69) is 83.6 Å². The average molecular weight is 382 g/mol. The van der Waals surface area contributed by atoms with Gasteiger partial charge in [-0.2, -0.15) is 4.98 Å². The fourth-order valence-electron chi connectivity index (χ4n) is 2.89. The monoisotopic (exact) mass is 381 g/mol. The summed E-state index contributed by atoms with van der Waals surface area (Å²) < 4.78 is 0. The number of pyridine rings is 1. The van der Waals surface area contributed by atoms with E-state index in [0.717, 1.165) is 22.6 Å². The number of hydrogen-bond acceptors (Lipinski definition) is 5. The van der Waals surface area contributed by atoms with E-state index in [-0.39, 0.29) is 22.2 Å². The molecule has 0 aliphatic heterocycles. The highest BCUT2D eigenvalue weighted by Crippen LogP contribution is 2.33. The van der Waals surface area contributed by atoms with Crippen LogP contribution < -0.4 is 11.5 Å². The quantitative estimate of drug-likeness (QED) is 0.786. The molecule has 2 rings (SSSR count). The van der Waals surface area contributed by atoms with Crippen LogP contribution in [0.3, 0.4) is 0 Å². The second-order valence-electron chi connectivity index (χ2n) is 10.1. The summed E-state index contributed by atoms with van der Waals surface area (Å²) in [6, 6.07) is 4.44. The van der Waals surface area contributed by atoms with Gasteiger partial charge in [0.25, 0.3) is 0 Å². The van der Waals surface area contributed by atoms with Crippen molar-refractivity contribution in [1.29, 1.82) is 0 Å². The Morgan fingerprint density at radius 3 is 1.71 bits per heavy atom. The predicted octanol–water partition coefficient (Wildman–Crippen LogP) is 4.93. The molecule has 0 spiro atoms.